The second-order valence-corrected chi connectivity index (χ2v) is 8.80. The van der Waals surface area contributed by atoms with Crippen molar-refractivity contribution < 1.29 is 19.5 Å². The Balaban J connectivity index is 1.37. The Labute approximate surface area is 212 Å². The lowest BCUT2D eigenvalue weighted by atomic mass is 10.0. The molecule has 3 heterocycles. The molecule has 5 rings (SSSR count). The summed E-state index contributed by atoms with van der Waals surface area (Å²) in [4.78, 5) is 46.1. The molecular weight excluding hydrogens is 470 g/mol. The number of nitrogens with one attached hydrogen (secondary N) is 2. The molecule has 0 bridgehead atoms. The summed E-state index contributed by atoms with van der Waals surface area (Å²) >= 11 is 0. The molecule has 0 radical (unpaired) electrons. The van der Waals surface area contributed by atoms with Gasteiger partial charge >= 0.3 is 0 Å². The number of fused-ring (bicyclic) bond motifs is 1. The number of amides is 3. The maximum absolute atomic E-state index is 12.9. The predicted molar refractivity (Wildman–Crippen MR) is 141 cm³/mol. The Kier molecular flexibility index (Phi) is 6.53. The van der Waals surface area contributed by atoms with Gasteiger partial charge in [-0.2, -0.15) is 0 Å². The molecule has 186 valence electrons. The van der Waals surface area contributed by atoms with Gasteiger partial charge in [0.1, 0.15) is 11.8 Å². The van der Waals surface area contributed by atoms with Crippen molar-refractivity contribution in [2.45, 2.75) is 18.9 Å². The zero-order valence-electron chi connectivity index (χ0n) is 19.8. The van der Waals surface area contributed by atoms with E-state index in [1.807, 2.05) is 18.2 Å². The van der Waals surface area contributed by atoms with Crippen LogP contribution in [0.5, 0.6) is 0 Å². The molecular formula is C28H25N5O4. The third-order valence-electron chi connectivity index (χ3n) is 6.32. The molecule has 2 aromatic heterocycles. The number of benzene rings is 2. The highest BCUT2D eigenvalue weighted by molar-refractivity contribution is 6.24. The van der Waals surface area contributed by atoms with Gasteiger partial charge in [-0.1, -0.05) is 42.5 Å². The molecule has 0 saturated carbocycles. The normalized spacial score (nSPS) is 15.8. The molecule has 1 saturated heterocycles. The largest absolute Gasteiger partial charge is 0.383 e. The maximum Gasteiger partial charge on any atom is 0.255 e. The van der Waals surface area contributed by atoms with Gasteiger partial charge in [0.2, 0.25) is 11.8 Å². The first kappa shape index (κ1) is 24.0. The van der Waals surface area contributed by atoms with Crippen LogP contribution in [0, 0.1) is 0 Å². The van der Waals surface area contributed by atoms with E-state index < -0.39 is 12.0 Å². The average molecular weight is 496 g/mol. The Morgan fingerprint density at radius 2 is 1.89 bits per heavy atom. The number of aromatic nitrogens is 2. The Morgan fingerprint density at radius 3 is 2.57 bits per heavy atom. The van der Waals surface area contributed by atoms with Crippen molar-refractivity contribution in [3.05, 3.63) is 89.7 Å². The SMILES string of the molecule is NC(=O)/C(=C/c1c[nH]c2nccc(NC(=O)Cc3ccc(N4CCC(O)C4=O)cc3)c12)c1ccccc1. The van der Waals surface area contributed by atoms with E-state index in [9.17, 15) is 19.5 Å². The van der Waals surface area contributed by atoms with Gasteiger partial charge < -0.3 is 26.0 Å². The van der Waals surface area contributed by atoms with E-state index in [4.69, 9.17) is 5.73 Å². The lowest BCUT2D eigenvalue weighted by Gasteiger charge is -2.16. The maximum atomic E-state index is 12.9. The van der Waals surface area contributed by atoms with Crippen LogP contribution in [0.25, 0.3) is 22.7 Å². The molecule has 3 amide bonds. The molecule has 9 nitrogen and oxygen atoms in total. The summed E-state index contributed by atoms with van der Waals surface area (Å²) in [5, 5.41) is 13.3. The standard InChI is InChI=1S/C28H25N5O4/c29-26(36)21(18-4-2-1-3-5-18)15-19-16-31-27-25(19)22(10-12-30-27)32-24(35)14-17-6-8-20(9-7-17)33-13-11-23(34)28(33)37/h1-10,12,15-16,23,34H,11,13-14H2,(H2,29,36)(H2,30,31,32,35)/b21-15+. The molecule has 0 spiro atoms. The van der Waals surface area contributed by atoms with Crippen molar-refractivity contribution in [2.75, 3.05) is 16.8 Å². The van der Waals surface area contributed by atoms with Crippen LogP contribution < -0.4 is 16.0 Å². The smallest absolute Gasteiger partial charge is 0.255 e. The van der Waals surface area contributed by atoms with Gasteiger partial charge in [-0.05, 0) is 35.4 Å². The molecule has 0 aliphatic carbocycles. The average Bonchev–Trinajstić information content (AvgIpc) is 3.46. The van der Waals surface area contributed by atoms with Gasteiger partial charge in [0, 0.05) is 47.6 Å². The van der Waals surface area contributed by atoms with E-state index in [-0.39, 0.29) is 18.2 Å². The molecule has 1 unspecified atom stereocenters. The fourth-order valence-electron chi connectivity index (χ4n) is 4.46. The number of nitrogens with zero attached hydrogens (tertiary/aromatic N) is 2. The van der Waals surface area contributed by atoms with Crippen LogP contribution in [0.15, 0.2) is 73.1 Å². The van der Waals surface area contributed by atoms with Crippen molar-refractivity contribution >= 4 is 51.8 Å². The highest BCUT2D eigenvalue weighted by atomic mass is 16.3. The van der Waals surface area contributed by atoms with Crippen LogP contribution >= 0.6 is 0 Å². The zero-order valence-corrected chi connectivity index (χ0v) is 19.8. The van der Waals surface area contributed by atoms with Gasteiger partial charge in [-0.15, -0.1) is 0 Å². The van der Waals surface area contributed by atoms with E-state index in [1.165, 1.54) is 0 Å². The van der Waals surface area contributed by atoms with Crippen LogP contribution in [0.1, 0.15) is 23.1 Å². The van der Waals surface area contributed by atoms with Crippen molar-refractivity contribution in [1.29, 1.82) is 0 Å². The van der Waals surface area contributed by atoms with Gasteiger partial charge in [0.25, 0.3) is 5.91 Å². The summed E-state index contributed by atoms with van der Waals surface area (Å²) < 4.78 is 0. The molecule has 37 heavy (non-hydrogen) atoms. The van der Waals surface area contributed by atoms with Gasteiger partial charge in [0.15, 0.2) is 0 Å². The first-order valence-corrected chi connectivity index (χ1v) is 11.8. The molecule has 9 heteroatoms. The Morgan fingerprint density at radius 1 is 1.14 bits per heavy atom. The van der Waals surface area contributed by atoms with Crippen molar-refractivity contribution in [2.24, 2.45) is 5.73 Å². The van der Waals surface area contributed by atoms with Crippen molar-refractivity contribution in [1.82, 2.24) is 9.97 Å². The number of nitrogens with two attached hydrogens (primary N) is 1. The van der Waals surface area contributed by atoms with E-state index >= 15 is 0 Å². The van der Waals surface area contributed by atoms with Gasteiger partial charge in [0.05, 0.1) is 12.1 Å². The van der Waals surface area contributed by atoms with Crippen molar-refractivity contribution in [3.8, 4) is 0 Å². The fourth-order valence-corrected chi connectivity index (χ4v) is 4.46. The highest BCUT2D eigenvalue weighted by Crippen LogP contribution is 2.29. The number of rotatable bonds is 7. The predicted octanol–water partition coefficient (Wildman–Crippen LogP) is 2.87. The fraction of sp³-hybridized carbons (Fsp3) is 0.143. The quantitative estimate of drug-likeness (QED) is 0.292. The minimum absolute atomic E-state index is 0.118. The summed E-state index contributed by atoms with van der Waals surface area (Å²) in [5.74, 6) is -1.11. The molecule has 4 aromatic rings. The minimum atomic E-state index is -0.956. The van der Waals surface area contributed by atoms with E-state index in [1.54, 1.807) is 65.8 Å². The van der Waals surface area contributed by atoms with Gasteiger partial charge in [-0.3, -0.25) is 14.4 Å². The summed E-state index contributed by atoms with van der Waals surface area (Å²) in [7, 11) is 0. The lowest BCUT2D eigenvalue weighted by molar-refractivity contribution is -0.124. The minimum Gasteiger partial charge on any atom is -0.383 e. The summed E-state index contributed by atoms with van der Waals surface area (Å²) in [5.41, 5.74) is 9.92. The second-order valence-electron chi connectivity index (χ2n) is 8.80. The van der Waals surface area contributed by atoms with E-state index in [0.29, 0.717) is 52.1 Å². The topological polar surface area (TPSA) is 141 Å². The monoisotopic (exact) mass is 495 g/mol. The number of hydrogen-bond donors (Lipinski definition) is 4. The first-order valence-electron chi connectivity index (χ1n) is 11.8. The lowest BCUT2D eigenvalue weighted by Crippen LogP contribution is -2.29. The highest BCUT2D eigenvalue weighted by Gasteiger charge is 2.30. The number of aliphatic hydroxyl groups excluding tert-OH is 1. The van der Waals surface area contributed by atoms with Crippen LogP contribution in [-0.4, -0.2) is 45.4 Å². The Bertz CT molecular complexity index is 1510. The number of H-pyrrole nitrogens is 1. The molecule has 1 fully saturated rings. The Hall–Kier alpha value is -4.76. The number of aliphatic hydroxyl groups is 1. The molecule has 2 aromatic carbocycles. The first-order chi connectivity index (χ1) is 17.9. The number of pyridine rings is 1. The number of aromatic amines is 1. The van der Waals surface area contributed by atoms with Gasteiger partial charge in [-0.25, -0.2) is 4.98 Å². The zero-order chi connectivity index (χ0) is 25.9. The van der Waals surface area contributed by atoms with E-state index in [0.717, 1.165) is 5.56 Å². The second kappa shape index (κ2) is 10.1. The number of carbonyl (C=O) groups excluding carboxylic acids is 3. The number of carbonyl (C=O) groups is 3. The summed E-state index contributed by atoms with van der Waals surface area (Å²) in [6.07, 6.45) is 4.56. The number of hydrogen-bond acceptors (Lipinski definition) is 5. The van der Waals surface area contributed by atoms with Crippen molar-refractivity contribution in [3.63, 3.8) is 0 Å². The molecule has 5 N–H and O–H groups in total. The van der Waals surface area contributed by atoms with Crippen LogP contribution in [0.2, 0.25) is 0 Å². The summed E-state index contributed by atoms with van der Waals surface area (Å²) in [6, 6.07) is 17.9. The third-order valence-corrected chi connectivity index (χ3v) is 6.32. The van der Waals surface area contributed by atoms with E-state index in [2.05, 4.69) is 15.3 Å². The molecule has 1 aliphatic heterocycles. The van der Waals surface area contributed by atoms with Crippen LogP contribution in [0.4, 0.5) is 11.4 Å². The molecule has 1 aliphatic rings. The number of primary amides is 1. The number of anilines is 2. The third kappa shape index (κ3) is 4.98. The summed E-state index contributed by atoms with van der Waals surface area (Å²) in [6.45, 7) is 0.465. The van der Waals surface area contributed by atoms with Crippen LogP contribution in [0.3, 0.4) is 0 Å². The molecule has 1 atom stereocenters. The van der Waals surface area contributed by atoms with Crippen LogP contribution in [-0.2, 0) is 20.8 Å².